The fourth-order valence-electron chi connectivity index (χ4n) is 2.19. The number of nitrogens with zero attached hydrogens (tertiary/aromatic N) is 2. The number of pyridine rings is 1. The molecule has 21 heavy (non-hydrogen) atoms. The first kappa shape index (κ1) is 15.9. The van der Waals surface area contributed by atoms with Gasteiger partial charge in [-0.05, 0) is 36.9 Å². The van der Waals surface area contributed by atoms with Crippen molar-refractivity contribution in [2.45, 2.75) is 26.3 Å². The number of rotatable bonds is 8. The monoisotopic (exact) mass is 307 g/mol. The highest BCUT2D eigenvalue weighted by Crippen LogP contribution is 2.18. The van der Waals surface area contributed by atoms with Crippen molar-refractivity contribution in [2.24, 2.45) is 0 Å². The van der Waals surface area contributed by atoms with Crippen LogP contribution in [0.1, 0.15) is 23.8 Å². The molecule has 5 heteroatoms. The molecule has 114 valence electrons. The molecule has 1 N–H and O–H groups in total. The Morgan fingerprint density at radius 3 is 3.00 bits per heavy atom. The standard InChI is InChI=1S/C16H22FN3S/c1-3-7-18-11-13-10-14(17)12-19-16(13)20(2)8-6-15-5-4-9-21-15/h4-5,9-10,12,18H,3,6-8,11H2,1-2H3. The van der Waals surface area contributed by atoms with E-state index in [0.717, 1.165) is 37.3 Å². The Kier molecular flexibility index (Phi) is 6.14. The topological polar surface area (TPSA) is 28.2 Å². The van der Waals surface area contributed by atoms with Gasteiger partial charge in [0.1, 0.15) is 11.6 Å². The number of hydrogen-bond acceptors (Lipinski definition) is 4. The van der Waals surface area contributed by atoms with Crippen LogP contribution in [0.2, 0.25) is 0 Å². The third-order valence-corrected chi connectivity index (χ3v) is 4.22. The van der Waals surface area contributed by atoms with Crippen molar-refractivity contribution >= 4 is 17.2 Å². The predicted molar refractivity (Wildman–Crippen MR) is 87.5 cm³/mol. The van der Waals surface area contributed by atoms with Crippen LogP contribution in [0.5, 0.6) is 0 Å². The van der Waals surface area contributed by atoms with Crippen LogP contribution in [0, 0.1) is 5.82 Å². The minimum absolute atomic E-state index is 0.279. The molecule has 2 heterocycles. The summed E-state index contributed by atoms with van der Waals surface area (Å²) >= 11 is 1.76. The van der Waals surface area contributed by atoms with Crippen LogP contribution in [0.4, 0.5) is 10.2 Å². The molecule has 0 saturated carbocycles. The maximum atomic E-state index is 13.4. The molecule has 0 aliphatic carbocycles. The Balaban J connectivity index is 2.02. The van der Waals surface area contributed by atoms with E-state index in [9.17, 15) is 4.39 Å². The minimum Gasteiger partial charge on any atom is -0.359 e. The first-order valence-electron chi connectivity index (χ1n) is 7.29. The summed E-state index contributed by atoms with van der Waals surface area (Å²) in [5.74, 6) is 0.579. The summed E-state index contributed by atoms with van der Waals surface area (Å²) in [7, 11) is 2.01. The molecule has 2 aromatic heterocycles. The second kappa shape index (κ2) is 8.10. The molecule has 0 unspecified atom stereocenters. The average Bonchev–Trinajstić information content (AvgIpc) is 2.98. The summed E-state index contributed by atoms with van der Waals surface area (Å²) in [6.07, 6.45) is 3.33. The Labute approximate surface area is 129 Å². The molecule has 2 rings (SSSR count). The van der Waals surface area contributed by atoms with Crippen molar-refractivity contribution in [3.05, 3.63) is 46.0 Å². The first-order valence-corrected chi connectivity index (χ1v) is 8.17. The largest absolute Gasteiger partial charge is 0.359 e. The molecule has 0 atom stereocenters. The number of hydrogen-bond donors (Lipinski definition) is 1. The van der Waals surface area contributed by atoms with E-state index in [1.807, 2.05) is 7.05 Å². The van der Waals surface area contributed by atoms with Crippen LogP contribution in [0.15, 0.2) is 29.8 Å². The van der Waals surface area contributed by atoms with Crippen molar-refractivity contribution in [2.75, 3.05) is 25.0 Å². The summed E-state index contributed by atoms with van der Waals surface area (Å²) in [5, 5.41) is 5.40. The quantitative estimate of drug-likeness (QED) is 0.757. The molecular weight excluding hydrogens is 285 g/mol. The minimum atomic E-state index is -0.279. The number of likely N-dealkylation sites (N-methyl/N-ethyl adjacent to an activating group) is 1. The van der Waals surface area contributed by atoms with Crippen molar-refractivity contribution in [1.82, 2.24) is 10.3 Å². The van der Waals surface area contributed by atoms with Gasteiger partial charge in [-0.1, -0.05) is 13.0 Å². The zero-order chi connectivity index (χ0) is 15.1. The second-order valence-corrected chi connectivity index (χ2v) is 6.10. The lowest BCUT2D eigenvalue weighted by molar-refractivity contribution is 0.610. The summed E-state index contributed by atoms with van der Waals surface area (Å²) in [6, 6.07) is 5.78. The van der Waals surface area contributed by atoms with E-state index in [2.05, 4.69) is 39.6 Å². The molecule has 0 aromatic carbocycles. The van der Waals surface area contributed by atoms with E-state index in [4.69, 9.17) is 0 Å². The molecule has 0 spiro atoms. The zero-order valence-corrected chi connectivity index (χ0v) is 13.4. The van der Waals surface area contributed by atoms with E-state index in [-0.39, 0.29) is 5.82 Å². The zero-order valence-electron chi connectivity index (χ0n) is 12.6. The van der Waals surface area contributed by atoms with Gasteiger partial charge in [0, 0.05) is 30.6 Å². The van der Waals surface area contributed by atoms with Gasteiger partial charge in [-0.2, -0.15) is 0 Å². The third kappa shape index (κ3) is 4.79. The number of aromatic nitrogens is 1. The molecule has 2 aromatic rings. The second-order valence-electron chi connectivity index (χ2n) is 5.06. The molecule has 3 nitrogen and oxygen atoms in total. The van der Waals surface area contributed by atoms with Crippen LogP contribution < -0.4 is 10.2 Å². The SMILES string of the molecule is CCCNCc1cc(F)cnc1N(C)CCc1cccs1. The highest BCUT2D eigenvalue weighted by atomic mass is 32.1. The third-order valence-electron chi connectivity index (χ3n) is 3.29. The van der Waals surface area contributed by atoms with E-state index in [0.29, 0.717) is 6.54 Å². The van der Waals surface area contributed by atoms with Gasteiger partial charge in [-0.15, -0.1) is 11.3 Å². The van der Waals surface area contributed by atoms with E-state index >= 15 is 0 Å². The Morgan fingerprint density at radius 1 is 1.43 bits per heavy atom. The lowest BCUT2D eigenvalue weighted by Gasteiger charge is -2.21. The van der Waals surface area contributed by atoms with Crippen molar-refractivity contribution in [1.29, 1.82) is 0 Å². The van der Waals surface area contributed by atoms with Gasteiger partial charge >= 0.3 is 0 Å². The maximum absolute atomic E-state index is 13.4. The predicted octanol–water partition coefficient (Wildman–Crippen LogP) is 3.46. The van der Waals surface area contributed by atoms with Crippen LogP contribution in [0.25, 0.3) is 0 Å². The van der Waals surface area contributed by atoms with E-state index < -0.39 is 0 Å². The highest BCUT2D eigenvalue weighted by Gasteiger charge is 2.10. The van der Waals surface area contributed by atoms with Crippen LogP contribution in [-0.4, -0.2) is 25.1 Å². The molecule has 0 radical (unpaired) electrons. The maximum Gasteiger partial charge on any atom is 0.141 e. The van der Waals surface area contributed by atoms with Crippen molar-refractivity contribution in [3.8, 4) is 0 Å². The van der Waals surface area contributed by atoms with E-state index in [1.165, 1.54) is 11.1 Å². The van der Waals surface area contributed by atoms with Crippen LogP contribution >= 0.6 is 11.3 Å². The molecule has 0 bridgehead atoms. The highest BCUT2D eigenvalue weighted by molar-refractivity contribution is 7.09. The van der Waals surface area contributed by atoms with Crippen molar-refractivity contribution in [3.63, 3.8) is 0 Å². The van der Waals surface area contributed by atoms with Gasteiger partial charge in [0.25, 0.3) is 0 Å². The normalized spacial score (nSPS) is 10.8. The Morgan fingerprint density at radius 2 is 2.29 bits per heavy atom. The smallest absolute Gasteiger partial charge is 0.141 e. The number of nitrogens with one attached hydrogen (secondary N) is 1. The van der Waals surface area contributed by atoms with Gasteiger partial charge in [-0.3, -0.25) is 0 Å². The molecule has 0 aliphatic heterocycles. The fourth-order valence-corrected chi connectivity index (χ4v) is 2.88. The number of thiophene rings is 1. The van der Waals surface area contributed by atoms with Crippen molar-refractivity contribution < 1.29 is 4.39 Å². The lowest BCUT2D eigenvalue weighted by Crippen LogP contribution is -2.24. The lowest BCUT2D eigenvalue weighted by atomic mass is 10.2. The molecular formula is C16H22FN3S. The van der Waals surface area contributed by atoms with Crippen LogP contribution in [0.3, 0.4) is 0 Å². The van der Waals surface area contributed by atoms with E-state index in [1.54, 1.807) is 17.4 Å². The number of halogens is 1. The first-order chi connectivity index (χ1) is 10.2. The molecule has 0 aliphatic rings. The number of anilines is 1. The molecule has 0 fully saturated rings. The molecule has 0 amide bonds. The summed E-state index contributed by atoms with van der Waals surface area (Å²) < 4.78 is 13.4. The summed E-state index contributed by atoms with van der Waals surface area (Å²) in [5.41, 5.74) is 0.914. The molecule has 0 saturated heterocycles. The summed E-state index contributed by atoms with van der Waals surface area (Å²) in [4.78, 5) is 7.73. The average molecular weight is 307 g/mol. The Hall–Kier alpha value is -1.46. The van der Waals surface area contributed by atoms with Gasteiger partial charge in [0.15, 0.2) is 0 Å². The van der Waals surface area contributed by atoms with Gasteiger partial charge < -0.3 is 10.2 Å². The fraction of sp³-hybridized carbons (Fsp3) is 0.438. The van der Waals surface area contributed by atoms with Crippen LogP contribution in [-0.2, 0) is 13.0 Å². The Bertz CT molecular complexity index is 542. The van der Waals surface area contributed by atoms with Gasteiger partial charge in [0.05, 0.1) is 6.20 Å². The van der Waals surface area contributed by atoms with Gasteiger partial charge in [0.2, 0.25) is 0 Å². The summed E-state index contributed by atoms with van der Waals surface area (Å²) in [6.45, 7) is 4.57. The van der Waals surface area contributed by atoms with Gasteiger partial charge in [-0.25, -0.2) is 9.37 Å².